The van der Waals surface area contributed by atoms with Crippen LogP contribution in [0.1, 0.15) is 23.1 Å². The van der Waals surface area contributed by atoms with Gasteiger partial charge < -0.3 is 9.84 Å². The van der Waals surface area contributed by atoms with Gasteiger partial charge in [0.1, 0.15) is 5.69 Å². The lowest BCUT2D eigenvalue weighted by molar-refractivity contribution is 0.342. The summed E-state index contributed by atoms with van der Waals surface area (Å²) in [5, 5.41) is 7.44. The quantitative estimate of drug-likeness (QED) is 0.906. The molecule has 0 amide bonds. The fourth-order valence-corrected chi connectivity index (χ4v) is 3.07. The molecule has 1 unspecified atom stereocenters. The number of nitrogens with zero attached hydrogens (tertiary/aromatic N) is 3. The zero-order valence-electron chi connectivity index (χ0n) is 11.0. The third-order valence-electron chi connectivity index (χ3n) is 3.09. The molecular weight excluding hydrogens is 260 g/mol. The smallest absolute Gasteiger partial charge is 0.244 e. The molecular formula is C13H16N4OS. The molecule has 0 aromatic carbocycles. The molecule has 1 fully saturated rings. The summed E-state index contributed by atoms with van der Waals surface area (Å²) in [5.74, 6) is 3.34. The minimum absolute atomic E-state index is 0.158. The molecule has 19 heavy (non-hydrogen) atoms. The minimum Gasteiger partial charge on any atom is -0.337 e. The lowest BCUT2D eigenvalue weighted by Crippen LogP contribution is -2.30. The summed E-state index contributed by atoms with van der Waals surface area (Å²) in [5.41, 5.74) is 3.00. The maximum Gasteiger partial charge on any atom is 0.244 e. The second-order valence-electron chi connectivity index (χ2n) is 4.72. The first kappa shape index (κ1) is 12.6. The number of rotatable bonds is 2. The Hall–Kier alpha value is -1.40. The van der Waals surface area contributed by atoms with Gasteiger partial charge in [-0.25, -0.2) is 0 Å². The van der Waals surface area contributed by atoms with Crippen molar-refractivity contribution in [1.29, 1.82) is 0 Å². The largest absolute Gasteiger partial charge is 0.337 e. The highest BCUT2D eigenvalue weighted by Gasteiger charge is 2.22. The molecule has 2 aromatic heterocycles. The van der Waals surface area contributed by atoms with Gasteiger partial charge in [0.25, 0.3) is 0 Å². The van der Waals surface area contributed by atoms with Gasteiger partial charge in [0.05, 0.1) is 6.04 Å². The second-order valence-corrected chi connectivity index (χ2v) is 5.87. The average Bonchev–Trinajstić information content (AvgIpc) is 2.89. The molecule has 0 saturated carbocycles. The lowest BCUT2D eigenvalue weighted by atomic mass is 10.1. The van der Waals surface area contributed by atoms with Crippen LogP contribution in [0.2, 0.25) is 0 Å². The summed E-state index contributed by atoms with van der Waals surface area (Å²) in [6.07, 6.45) is 1.83. The summed E-state index contributed by atoms with van der Waals surface area (Å²) in [7, 11) is 0. The van der Waals surface area contributed by atoms with E-state index in [1.54, 1.807) is 0 Å². The van der Waals surface area contributed by atoms with Crippen LogP contribution in [-0.2, 0) is 0 Å². The summed E-state index contributed by atoms with van der Waals surface area (Å²) in [6.45, 7) is 5.02. The molecule has 0 radical (unpaired) electrons. The molecule has 100 valence electrons. The Morgan fingerprint density at radius 1 is 1.42 bits per heavy atom. The number of hydrogen-bond acceptors (Lipinski definition) is 6. The third kappa shape index (κ3) is 2.64. The van der Waals surface area contributed by atoms with Gasteiger partial charge >= 0.3 is 0 Å². The van der Waals surface area contributed by atoms with Gasteiger partial charge in [-0.3, -0.25) is 4.98 Å². The van der Waals surface area contributed by atoms with Crippen LogP contribution in [-0.4, -0.2) is 33.2 Å². The molecule has 6 heteroatoms. The number of aromatic nitrogens is 3. The van der Waals surface area contributed by atoms with Crippen molar-refractivity contribution in [3.8, 4) is 11.5 Å². The van der Waals surface area contributed by atoms with Crippen LogP contribution < -0.4 is 5.32 Å². The van der Waals surface area contributed by atoms with Crippen molar-refractivity contribution in [2.45, 2.75) is 19.9 Å². The van der Waals surface area contributed by atoms with Gasteiger partial charge in [-0.1, -0.05) is 11.2 Å². The van der Waals surface area contributed by atoms with E-state index in [2.05, 4.69) is 26.5 Å². The fraction of sp³-hybridized carbons (Fsp3) is 0.462. The Bertz CT molecular complexity index is 578. The molecule has 1 N–H and O–H groups in total. The molecule has 0 spiro atoms. The predicted octanol–water partition coefficient (Wildman–Crippen LogP) is 2.13. The third-order valence-corrected chi connectivity index (χ3v) is 4.15. The zero-order valence-corrected chi connectivity index (χ0v) is 11.8. The van der Waals surface area contributed by atoms with Crippen LogP contribution >= 0.6 is 11.8 Å². The van der Waals surface area contributed by atoms with Crippen LogP contribution in [0, 0.1) is 13.8 Å². The molecule has 2 aromatic rings. The summed E-state index contributed by atoms with van der Waals surface area (Å²) in [4.78, 5) is 8.87. The normalized spacial score (nSPS) is 19.6. The second kappa shape index (κ2) is 5.30. The standard InChI is InChI=1S/C13H16N4OS/c1-8-5-9(2)11(15-6-8)12-16-13(18-17-12)10-7-19-4-3-14-10/h5-6,10,14H,3-4,7H2,1-2H3. The fourth-order valence-electron chi connectivity index (χ4n) is 2.15. The molecule has 1 saturated heterocycles. The van der Waals surface area contributed by atoms with Crippen molar-refractivity contribution in [2.75, 3.05) is 18.1 Å². The van der Waals surface area contributed by atoms with E-state index in [1.165, 1.54) is 0 Å². The monoisotopic (exact) mass is 276 g/mol. The number of nitrogens with one attached hydrogen (secondary N) is 1. The van der Waals surface area contributed by atoms with Crippen molar-refractivity contribution in [2.24, 2.45) is 0 Å². The number of hydrogen-bond donors (Lipinski definition) is 1. The van der Waals surface area contributed by atoms with Gasteiger partial charge in [-0.05, 0) is 25.0 Å². The topological polar surface area (TPSA) is 63.8 Å². The van der Waals surface area contributed by atoms with Gasteiger partial charge in [-0.15, -0.1) is 0 Å². The molecule has 5 nitrogen and oxygen atoms in total. The molecule has 1 atom stereocenters. The Labute approximate surface area is 116 Å². The van der Waals surface area contributed by atoms with Crippen molar-refractivity contribution in [1.82, 2.24) is 20.4 Å². The van der Waals surface area contributed by atoms with Crippen LogP contribution in [0.3, 0.4) is 0 Å². The van der Waals surface area contributed by atoms with Crippen LogP contribution in [0.25, 0.3) is 11.5 Å². The van der Waals surface area contributed by atoms with Crippen LogP contribution in [0.4, 0.5) is 0 Å². The average molecular weight is 276 g/mol. The van der Waals surface area contributed by atoms with Crippen LogP contribution in [0.15, 0.2) is 16.8 Å². The lowest BCUT2D eigenvalue weighted by Gasteiger charge is -2.19. The van der Waals surface area contributed by atoms with E-state index in [-0.39, 0.29) is 6.04 Å². The molecule has 3 rings (SSSR count). The number of thioether (sulfide) groups is 1. The first-order chi connectivity index (χ1) is 9.24. The van der Waals surface area contributed by atoms with Crippen molar-refractivity contribution in [3.63, 3.8) is 0 Å². The zero-order chi connectivity index (χ0) is 13.2. The van der Waals surface area contributed by atoms with E-state index >= 15 is 0 Å². The van der Waals surface area contributed by atoms with Gasteiger partial charge in [0.15, 0.2) is 0 Å². The summed E-state index contributed by atoms with van der Waals surface area (Å²) < 4.78 is 5.37. The highest BCUT2D eigenvalue weighted by atomic mass is 32.2. The van der Waals surface area contributed by atoms with E-state index in [4.69, 9.17) is 4.52 Å². The predicted molar refractivity (Wildman–Crippen MR) is 75.1 cm³/mol. The molecule has 1 aliphatic heterocycles. The molecule has 3 heterocycles. The van der Waals surface area contributed by atoms with Crippen molar-refractivity contribution < 1.29 is 4.52 Å². The highest BCUT2D eigenvalue weighted by molar-refractivity contribution is 7.99. The van der Waals surface area contributed by atoms with E-state index in [0.717, 1.165) is 34.9 Å². The summed E-state index contributed by atoms with van der Waals surface area (Å²) in [6, 6.07) is 2.23. The van der Waals surface area contributed by atoms with Crippen molar-refractivity contribution in [3.05, 3.63) is 29.3 Å². The number of pyridine rings is 1. The maximum absolute atomic E-state index is 5.37. The number of aryl methyl sites for hydroxylation is 2. The van der Waals surface area contributed by atoms with E-state index in [9.17, 15) is 0 Å². The molecule has 0 aliphatic carbocycles. The molecule has 1 aliphatic rings. The maximum atomic E-state index is 5.37. The Kier molecular flexibility index (Phi) is 3.52. The highest BCUT2D eigenvalue weighted by Crippen LogP contribution is 2.24. The Morgan fingerprint density at radius 3 is 3.05 bits per heavy atom. The summed E-state index contributed by atoms with van der Waals surface area (Å²) >= 11 is 1.90. The Balaban J connectivity index is 1.87. The minimum atomic E-state index is 0.158. The molecule has 0 bridgehead atoms. The van der Waals surface area contributed by atoms with E-state index in [0.29, 0.717) is 11.7 Å². The van der Waals surface area contributed by atoms with Gasteiger partial charge in [0.2, 0.25) is 11.7 Å². The first-order valence-corrected chi connectivity index (χ1v) is 7.48. The van der Waals surface area contributed by atoms with Crippen LogP contribution in [0.5, 0.6) is 0 Å². The van der Waals surface area contributed by atoms with E-state index < -0.39 is 0 Å². The van der Waals surface area contributed by atoms with Crippen molar-refractivity contribution >= 4 is 11.8 Å². The Morgan fingerprint density at radius 2 is 2.32 bits per heavy atom. The SMILES string of the molecule is Cc1cnc(-c2noc(C3CSCCN3)n2)c(C)c1. The van der Waals surface area contributed by atoms with E-state index in [1.807, 2.05) is 31.8 Å². The van der Waals surface area contributed by atoms with Gasteiger partial charge in [0, 0.05) is 24.2 Å². The van der Waals surface area contributed by atoms with Gasteiger partial charge in [-0.2, -0.15) is 16.7 Å². The first-order valence-electron chi connectivity index (χ1n) is 6.32.